The Labute approximate surface area is 157 Å². The summed E-state index contributed by atoms with van der Waals surface area (Å²) in [5.41, 5.74) is 1.44. The van der Waals surface area contributed by atoms with Crippen LogP contribution >= 0.6 is 11.3 Å². The summed E-state index contributed by atoms with van der Waals surface area (Å²) in [5.74, 6) is 0.236. The minimum Gasteiger partial charge on any atom is -0.502 e. The van der Waals surface area contributed by atoms with E-state index in [2.05, 4.69) is 9.97 Å². The molecule has 0 saturated heterocycles. The zero-order chi connectivity index (χ0) is 19.0. The molecule has 8 nitrogen and oxygen atoms in total. The van der Waals surface area contributed by atoms with Gasteiger partial charge < -0.3 is 10.1 Å². The number of aromatic nitrogens is 2. The number of aromatic hydroxyl groups is 1. The number of fused-ring (bicyclic) bond motifs is 1. The van der Waals surface area contributed by atoms with Crippen LogP contribution in [0.2, 0.25) is 0 Å². The molecule has 0 unspecified atom stereocenters. The fourth-order valence-corrected chi connectivity index (χ4v) is 3.92. The fourth-order valence-electron chi connectivity index (χ4n) is 3.25. The number of hydrogen-bond donors (Lipinski definition) is 2. The Kier molecular flexibility index (Phi) is 4.46. The molecule has 9 heteroatoms. The van der Waals surface area contributed by atoms with Gasteiger partial charge in [0.05, 0.1) is 15.5 Å². The van der Waals surface area contributed by atoms with Crippen molar-refractivity contribution in [1.29, 1.82) is 0 Å². The van der Waals surface area contributed by atoms with E-state index < -0.39 is 4.92 Å². The van der Waals surface area contributed by atoms with Gasteiger partial charge in [-0.25, -0.2) is 4.98 Å². The van der Waals surface area contributed by atoms with Crippen molar-refractivity contribution in [1.82, 2.24) is 14.9 Å². The number of nitro benzene ring substituents is 1. The van der Waals surface area contributed by atoms with E-state index >= 15 is 0 Å². The van der Waals surface area contributed by atoms with Gasteiger partial charge in [0.2, 0.25) is 0 Å². The molecule has 0 atom stereocenters. The van der Waals surface area contributed by atoms with Gasteiger partial charge in [-0.1, -0.05) is 18.2 Å². The summed E-state index contributed by atoms with van der Waals surface area (Å²) in [4.78, 5) is 33.2. The van der Waals surface area contributed by atoms with Crippen molar-refractivity contribution < 1.29 is 10.0 Å². The van der Waals surface area contributed by atoms with Crippen LogP contribution in [-0.4, -0.2) is 31.4 Å². The molecule has 1 aliphatic rings. The normalized spacial score (nSPS) is 14.1. The molecule has 2 aromatic heterocycles. The van der Waals surface area contributed by atoms with Crippen molar-refractivity contribution in [3.05, 3.63) is 73.0 Å². The van der Waals surface area contributed by atoms with Crippen molar-refractivity contribution in [2.75, 3.05) is 6.54 Å². The number of benzene rings is 1. The van der Waals surface area contributed by atoms with E-state index in [-0.39, 0.29) is 17.0 Å². The Morgan fingerprint density at radius 3 is 2.93 bits per heavy atom. The highest BCUT2D eigenvalue weighted by atomic mass is 32.1. The molecule has 1 aromatic carbocycles. The van der Waals surface area contributed by atoms with E-state index in [0.717, 1.165) is 4.88 Å². The molecule has 1 aliphatic heterocycles. The summed E-state index contributed by atoms with van der Waals surface area (Å²) < 4.78 is 0. The van der Waals surface area contributed by atoms with Crippen LogP contribution in [0.25, 0.3) is 10.7 Å². The molecular formula is C18H16N4O4S. The number of rotatable bonds is 4. The second kappa shape index (κ2) is 6.93. The van der Waals surface area contributed by atoms with Crippen molar-refractivity contribution in [2.45, 2.75) is 19.5 Å². The molecule has 0 spiro atoms. The maximum Gasteiger partial charge on any atom is 0.311 e. The first-order chi connectivity index (χ1) is 13.0. The minimum atomic E-state index is -0.598. The number of nitrogens with zero attached hydrogens (tertiary/aromatic N) is 3. The van der Waals surface area contributed by atoms with E-state index in [4.69, 9.17) is 0 Å². The predicted molar refractivity (Wildman–Crippen MR) is 101 cm³/mol. The number of phenolic OH excluding ortho intramolecular Hbond substituents is 1. The number of hydrogen-bond acceptors (Lipinski definition) is 7. The van der Waals surface area contributed by atoms with Crippen molar-refractivity contribution >= 4 is 17.0 Å². The van der Waals surface area contributed by atoms with Crippen molar-refractivity contribution in [3.63, 3.8) is 0 Å². The lowest BCUT2D eigenvalue weighted by atomic mass is 10.0. The third-order valence-electron chi connectivity index (χ3n) is 4.60. The topological polar surface area (TPSA) is 112 Å². The highest BCUT2D eigenvalue weighted by molar-refractivity contribution is 7.13. The Morgan fingerprint density at radius 2 is 2.19 bits per heavy atom. The molecule has 0 amide bonds. The first kappa shape index (κ1) is 17.4. The molecule has 0 radical (unpaired) electrons. The number of nitro groups is 1. The van der Waals surface area contributed by atoms with Crippen LogP contribution in [0.5, 0.6) is 5.75 Å². The zero-order valence-electron chi connectivity index (χ0n) is 14.2. The first-order valence-corrected chi connectivity index (χ1v) is 9.24. The van der Waals surface area contributed by atoms with Crippen LogP contribution in [-0.2, 0) is 19.5 Å². The van der Waals surface area contributed by atoms with E-state index in [9.17, 15) is 20.0 Å². The molecule has 0 aliphatic carbocycles. The second-order valence-corrected chi connectivity index (χ2v) is 7.27. The quantitative estimate of drug-likeness (QED) is 0.528. The largest absolute Gasteiger partial charge is 0.502 e. The van der Waals surface area contributed by atoms with Gasteiger partial charge in [0.15, 0.2) is 11.6 Å². The number of aromatic amines is 1. The zero-order valence-corrected chi connectivity index (χ0v) is 15.0. The maximum absolute atomic E-state index is 12.4. The number of thiophene rings is 1. The van der Waals surface area contributed by atoms with E-state index in [1.807, 2.05) is 22.4 Å². The lowest BCUT2D eigenvalue weighted by Gasteiger charge is -2.27. The predicted octanol–water partition coefficient (Wildman–Crippen LogP) is 2.67. The Balaban J connectivity index is 1.61. The lowest BCUT2D eigenvalue weighted by molar-refractivity contribution is -0.385. The van der Waals surface area contributed by atoms with Gasteiger partial charge >= 0.3 is 5.69 Å². The van der Waals surface area contributed by atoms with Gasteiger partial charge in [-0.2, -0.15) is 0 Å². The van der Waals surface area contributed by atoms with Crippen LogP contribution in [0.15, 0.2) is 40.5 Å². The Morgan fingerprint density at radius 1 is 1.33 bits per heavy atom. The monoisotopic (exact) mass is 384 g/mol. The second-order valence-electron chi connectivity index (χ2n) is 6.32. The average molecular weight is 384 g/mol. The SMILES string of the molecule is O=c1[nH]c(-c2cccs2)nc2c1CCN(Cc1cccc([N+](=O)[O-])c1O)C2. The summed E-state index contributed by atoms with van der Waals surface area (Å²) in [7, 11) is 0. The minimum absolute atomic E-state index is 0.124. The summed E-state index contributed by atoms with van der Waals surface area (Å²) in [5, 5.41) is 23.1. The number of H-pyrrole nitrogens is 1. The fraction of sp³-hybridized carbons (Fsp3) is 0.222. The molecule has 2 N–H and O–H groups in total. The highest BCUT2D eigenvalue weighted by Gasteiger charge is 2.24. The number of phenols is 1. The van der Waals surface area contributed by atoms with E-state index in [1.54, 1.807) is 12.1 Å². The van der Waals surface area contributed by atoms with E-state index in [1.165, 1.54) is 17.4 Å². The van der Waals surface area contributed by atoms with E-state index in [0.29, 0.717) is 48.7 Å². The molecule has 27 heavy (non-hydrogen) atoms. The van der Waals surface area contributed by atoms with Gasteiger partial charge in [0.1, 0.15) is 0 Å². The first-order valence-electron chi connectivity index (χ1n) is 8.36. The molecule has 3 heterocycles. The lowest BCUT2D eigenvalue weighted by Crippen LogP contribution is -2.35. The number of nitrogens with one attached hydrogen (secondary N) is 1. The van der Waals surface area contributed by atoms with Gasteiger partial charge in [-0.05, 0) is 17.9 Å². The van der Waals surface area contributed by atoms with Crippen molar-refractivity contribution in [2.24, 2.45) is 0 Å². The molecule has 3 aromatic rings. The van der Waals surface area contributed by atoms with Gasteiger partial charge in [-0.15, -0.1) is 11.3 Å². The van der Waals surface area contributed by atoms with Crippen LogP contribution < -0.4 is 5.56 Å². The molecule has 0 fully saturated rings. The summed E-state index contributed by atoms with van der Waals surface area (Å²) in [6.07, 6.45) is 0.540. The molecule has 0 bridgehead atoms. The van der Waals surface area contributed by atoms with Crippen LogP contribution in [0.1, 0.15) is 16.8 Å². The summed E-state index contributed by atoms with van der Waals surface area (Å²) in [6, 6.07) is 8.30. The average Bonchev–Trinajstić information content (AvgIpc) is 3.17. The third kappa shape index (κ3) is 3.34. The van der Waals surface area contributed by atoms with Crippen LogP contribution in [0, 0.1) is 10.1 Å². The summed E-state index contributed by atoms with van der Waals surface area (Å²) in [6.45, 7) is 1.40. The standard InChI is InChI=1S/C18H16N4O4S/c23-16-11(3-1-4-14(16)22(25)26)9-21-7-6-12-13(10-21)19-17(20-18(12)24)15-5-2-8-27-15/h1-5,8,23H,6-7,9-10H2,(H,19,20,24). The third-order valence-corrected chi connectivity index (χ3v) is 5.47. The Hall–Kier alpha value is -3.04. The number of para-hydroxylation sites is 1. The maximum atomic E-state index is 12.4. The van der Waals surface area contributed by atoms with Gasteiger partial charge in [-0.3, -0.25) is 19.8 Å². The molecule has 0 saturated carbocycles. The molecule has 138 valence electrons. The molecular weight excluding hydrogens is 368 g/mol. The van der Waals surface area contributed by atoms with Crippen molar-refractivity contribution in [3.8, 4) is 16.5 Å². The van der Waals surface area contributed by atoms with Crippen LogP contribution in [0.3, 0.4) is 0 Å². The summed E-state index contributed by atoms with van der Waals surface area (Å²) >= 11 is 1.50. The smallest absolute Gasteiger partial charge is 0.311 e. The van der Waals surface area contributed by atoms with Gasteiger partial charge in [0.25, 0.3) is 5.56 Å². The van der Waals surface area contributed by atoms with Crippen LogP contribution in [0.4, 0.5) is 5.69 Å². The highest BCUT2D eigenvalue weighted by Crippen LogP contribution is 2.31. The Bertz CT molecular complexity index is 1060. The van der Waals surface area contributed by atoms with Gasteiger partial charge in [0, 0.05) is 36.8 Å². The molecule has 4 rings (SSSR count).